The Morgan fingerprint density at radius 1 is 1.17 bits per heavy atom. The highest BCUT2D eigenvalue weighted by molar-refractivity contribution is 5.50. The smallest absolute Gasteiger partial charge is 0.120 e. The van der Waals surface area contributed by atoms with Crippen molar-refractivity contribution in [2.75, 3.05) is 0 Å². The van der Waals surface area contributed by atoms with Crippen molar-refractivity contribution in [2.24, 2.45) is 16.7 Å². The molecule has 1 fully saturated rings. The van der Waals surface area contributed by atoms with E-state index in [9.17, 15) is 4.79 Å². The molecule has 0 radical (unpaired) electrons. The molecule has 0 heterocycles. The molecular weight excluding hydrogens is 220 g/mol. The fraction of sp³-hybridized carbons (Fsp3) is 0.824. The minimum Gasteiger partial charge on any atom is -0.303 e. The molecule has 1 heteroatoms. The second kappa shape index (κ2) is 4.83. The van der Waals surface area contributed by atoms with Crippen LogP contribution in [-0.4, -0.2) is 6.29 Å². The molecule has 0 saturated heterocycles. The quantitative estimate of drug-likeness (QED) is 0.501. The largest absolute Gasteiger partial charge is 0.303 e. The van der Waals surface area contributed by atoms with E-state index in [0.29, 0.717) is 16.7 Å². The van der Waals surface area contributed by atoms with Gasteiger partial charge in [0.2, 0.25) is 0 Å². The summed E-state index contributed by atoms with van der Waals surface area (Å²) in [4.78, 5) is 11.1. The fourth-order valence-electron chi connectivity index (χ4n) is 4.67. The van der Waals surface area contributed by atoms with Crippen molar-refractivity contribution < 1.29 is 4.79 Å². The Balaban J connectivity index is 2.32. The lowest BCUT2D eigenvalue weighted by atomic mass is 9.50. The standard InChI is InChI=1S/C17H28O/c1-13-6-10-17(12-14(13)2)9-5-8-16(3,4)15(17)7-11-18/h11,15H,5-10,12H2,1-4H3. The number of rotatable bonds is 2. The first-order valence-electron chi connectivity index (χ1n) is 7.50. The van der Waals surface area contributed by atoms with Crippen LogP contribution in [-0.2, 0) is 4.79 Å². The first kappa shape index (κ1) is 13.8. The highest BCUT2D eigenvalue weighted by Crippen LogP contribution is 2.59. The fourth-order valence-corrected chi connectivity index (χ4v) is 4.67. The zero-order valence-electron chi connectivity index (χ0n) is 12.5. The number of hydrogen-bond donors (Lipinski definition) is 0. The van der Waals surface area contributed by atoms with Gasteiger partial charge in [0.05, 0.1) is 0 Å². The lowest BCUT2D eigenvalue weighted by Crippen LogP contribution is -2.45. The highest BCUT2D eigenvalue weighted by Gasteiger charge is 2.49. The zero-order chi connectivity index (χ0) is 13.4. The number of carbonyl (C=O) groups excluding carboxylic acids is 1. The molecule has 0 aliphatic heterocycles. The average Bonchev–Trinajstić information content (AvgIpc) is 2.29. The van der Waals surface area contributed by atoms with Gasteiger partial charge in [0.1, 0.15) is 6.29 Å². The Morgan fingerprint density at radius 2 is 1.89 bits per heavy atom. The van der Waals surface area contributed by atoms with Crippen LogP contribution in [0.4, 0.5) is 0 Å². The van der Waals surface area contributed by atoms with Crippen LogP contribution in [0.2, 0.25) is 0 Å². The van der Waals surface area contributed by atoms with Crippen molar-refractivity contribution in [3.63, 3.8) is 0 Å². The van der Waals surface area contributed by atoms with Gasteiger partial charge in [-0.1, -0.05) is 31.4 Å². The van der Waals surface area contributed by atoms with E-state index in [4.69, 9.17) is 0 Å². The van der Waals surface area contributed by atoms with Crippen molar-refractivity contribution in [2.45, 2.75) is 72.6 Å². The lowest BCUT2D eigenvalue weighted by molar-refractivity contribution is -0.113. The van der Waals surface area contributed by atoms with Gasteiger partial charge >= 0.3 is 0 Å². The summed E-state index contributed by atoms with van der Waals surface area (Å²) in [6.07, 6.45) is 9.68. The van der Waals surface area contributed by atoms with E-state index >= 15 is 0 Å². The zero-order valence-corrected chi connectivity index (χ0v) is 12.5. The summed E-state index contributed by atoms with van der Waals surface area (Å²) >= 11 is 0. The molecule has 2 aliphatic carbocycles. The molecule has 2 unspecified atom stereocenters. The average molecular weight is 248 g/mol. The summed E-state index contributed by atoms with van der Waals surface area (Å²) in [6.45, 7) is 9.34. The maximum atomic E-state index is 11.1. The van der Waals surface area contributed by atoms with Crippen LogP contribution in [0.15, 0.2) is 11.1 Å². The van der Waals surface area contributed by atoms with Gasteiger partial charge < -0.3 is 4.79 Å². The SMILES string of the molecule is CC1=C(C)CC2(CCCC(C)(C)C2CC=O)CC1. The second-order valence-electron chi connectivity index (χ2n) is 7.40. The molecule has 1 spiro atoms. The van der Waals surface area contributed by atoms with Crippen molar-refractivity contribution >= 4 is 6.29 Å². The Labute approximate surface area is 112 Å². The van der Waals surface area contributed by atoms with Gasteiger partial charge in [-0.25, -0.2) is 0 Å². The van der Waals surface area contributed by atoms with Gasteiger partial charge in [-0.3, -0.25) is 0 Å². The number of carbonyl (C=O) groups is 1. The Hall–Kier alpha value is -0.590. The summed E-state index contributed by atoms with van der Waals surface area (Å²) in [5.41, 5.74) is 3.94. The summed E-state index contributed by atoms with van der Waals surface area (Å²) in [5, 5.41) is 0. The molecule has 2 rings (SSSR count). The Bertz CT molecular complexity index is 364. The van der Waals surface area contributed by atoms with Crippen LogP contribution < -0.4 is 0 Å². The third-order valence-electron chi connectivity index (χ3n) is 5.85. The Morgan fingerprint density at radius 3 is 2.50 bits per heavy atom. The third-order valence-corrected chi connectivity index (χ3v) is 5.85. The molecule has 1 saturated carbocycles. The first-order valence-corrected chi connectivity index (χ1v) is 7.50. The van der Waals surface area contributed by atoms with Crippen LogP contribution in [0.1, 0.15) is 72.6 Å². The number of aldehydes is 1. The molecular formula is C17H28O. The molecule has 0 N–H and O–H groups in total. The molecule has 2 atom stereocenters. The summed E-state index contributed by atoms with van der Waals surface area (Å²) in [6, 6.07) is 0. The highest BCUT2D eigenvalue weighted by atomic mass is 16.1. The van der Waals surface area contributed by atoms with E-state index in [1.807, 2.05) is 0 Å². The van der Waals surface area contributed by atoms with Gasteiger partial charge in [-0.2, -0.15) is 0 Å². The summed E-state index contributed by atoms with van der Waals surface area (Å²) in [5.74, 6) is 0.583. The molecule has 0 bridgehead atoms. The van der Waals surface area contributed by atoms with E-state index in [1.54, 1.807) is 11.1 Å². The van der Waals surface area contributed by atoms with Crippen molar-refractivity contribution in [1.82, 2.24) is 0 Å². The summed E-state index contributed by atoms with van der Waals surface area (Å²) < 4.78 is 0. The van der Waals surface area contributed by atoms with E-state index in [0.717, 1.165) is 6.42 Å². The van der Waals surface area contributed by atoms with Crippen LogP contribution >= 0.6 is 0 Å². The number of hydrogen-bond acceptors (Lipinski definition) is 1. The third kappa shape index (κ3) is 2.29. The van der Waals surface area contributed by atoms with Crippen molar-refractivity contribution in [1.29, 1.82) is 0 Å². The molecule has 18 heavy (non-hydrogen) atoms. The maximum absolute atomic E-state index is 11.1. The van der Waals surface area contributed by atoms with Gasteiger partial charge in [-0.05, 0) is 62.7 Å². The second-order valence-corrected chi connectivity index (χ2v) is 7.40. The van der Waals surface area contributed by atoms with E-state index in [2.05, 4.69) is 27.7 Å². The van der Waals surface area contributed by atoms with Crippen molar-refractivity contribution in [3.8, 4) is 0 Å². The predicted octanol–water partition coefficient (Wildman–Crippen LogP) is 4.91. The molecule has 0 aromatic carbocycles. The van der Waals surface area contributed by atoms with E-state index in [-0.39, 0.29) is 0 Å². The topological polar surface area (TPSA) is 17.1 Å². The molecule has 0 amide bonds. The molecule has 0 aromatic heterocycles. The first-order chi connectivity index (χ1) is 8.41. The van der Waals surface area contributed by atoms with Crippen LogP contribution in [0, 0.1) is 16.7 Å². The Kier molecular flexibility index (Phi) is 3.71. The molecule has 2 aliphatic rings. The predicted molar refractivity (Wildman–Crippen MR) is 76.5 cm³/mol. The number of allylic oxidation sites excluding steroid dienone is 2. The molecule has 1 nitrogen and oxygen atoms in total. The van der Waals surface area contributed by atoms with Crippen molar-refractivity contribution in [3.05, 3.63) is 11.1 Å². The summed E-state index contributed by atoms with van der Waals surface area (Å²) in [7, 11) is 0. The van der Waals surface area contributed by atoms with E-state index < -0.39 is 0 Å². The van der Waals surface area contributed by atoms with Gasteiger partial charge in [0, 0.05) is 6.42 Å². The molecule has 0 aromatic rings. The van der Waals surface area contributed by atoms with Crippen LogP contribution in [0.3, 0.4) is 0 Å². The van der Waals surface area contributed by atoms with Gasteiger partial charge in [0.15, 0.2) is 0 Å². The van der Waals surface area contributed by atoms with E-state index in [1.165, 1.54) is 44.8 Å². The lowest BCUT2D eigenvalue weighted by Gasteiger charge is -2.54. The monoisotopic (exact) mass is 248 g/mol. The van der Waals surface area contributed by atoms with Crippen LogP contribution in [0.5, 0.6) is 0 Å². The molecule has 102 valence electrons. The normalized spacial score (nSPS) is 35.9. The minimum atomic E-state index is 0.338. The van der Waals surface area contributed by atoms with Crippen LogP contribution in [0.25, 0.3) is 0 Å². The van der Waals surface area contributed by atoms with Gasteiger partial charge in [-0.15, -0.1) is 0 Å². The van der Waals surface area contributed by atoms with Gasteiger partial charge in [0.25, 0.3) is 0 Å². The maximum Gasteiger partial charge on any atom is 0.120 e. The minimum absolute atomic E-state index is 0.338.